The fourth-order valence-corrected chi connectivity index (χ4v) is 7.88. The average Bonchev–Trinajstić information content (AvgIpc) is 3.17. The van der Waals surface area contributed by atoms with Gasteiger partial charge >= 0.3 is 0 Å². The number of rotatable bonds is 1. The summed E-state index contributed by atoms with van der Waals surface area (Å²) in [4.78, 5) is 11.9. The second-order valence-electron chi connectivity index (χ2n) is 10.2. The Kier molecular flexibility index (Phi) is 3.09. The van der Waals surface area contributed by atoms with Crippen LogP contribution in [0.15, 0.2) is 11.6 Å². The SMILES string of the molecule is CC1([C@H]2CCC3C4CCC5=CC(=O)CC[C@]5(C)C4CC[C@@]32C)CO1. The Morgan fingerprint density at radius 3 is 2.54 bits per heavy atom. The van der Waals surface area contributed by atoms with E-state index in [0.717, 1.165) is 43.1 Å². The molecule has 0 aromatic carbocycles. The first-order valence-corrected chi connectivity index (χ1v) is 10.2. The van der Waals surface area contributed by atoms with Crippen molar-refractivity contribution in [3.8, 4) is 0 Å². The molecule has 4 unspecified atom stereocenters. The number of allylic oxidation sites excluding steroid dienone is 1. The highest BCUT2D eigenvalue weighted by Gasteiger charge is 2.64. The summed E-state index contributed by atoms with van der Waals surface area (Å²) >= 11 is 0. The molecule has 7 atom stereocenters. The minimum absolute atomic E-state index is 0.192. The van der Waals surface area contributed by atoms with Crippen LogP contribution in [-0.2, 0) is 9.53 Å². The first-order chi connectivity index (χ1) is 11.4. The lowest BCUT2D eigenvalue weighted by Crippen LogP contribution is -2.51. The predicted octanol–water partition coefficient (Wildman–Crippen LogP) is 4.92. The molecule has 0 amide bonds. The van der Waals surface area contributed by atoms with Crippen LogP contribution in [0.25, 0.3) is 0 Å². The summed E-state index contributed by atoms with van der Waals surface area (Å²) < 4.78 is 5.90. The number of carbonyl (C=O) groups excluding carboxylic acids is 1. The van der Waals surface area contributed by atoms with Crippen LogP contribution in [-0.4, -0.2) is 18.0 Å². The molecule has 4 fully saturated rings. The second-order valence-corrected chi connectivity index (χ2v) is 10.2. The molecule has 0 aromatic heterocycles. The van der Waals surface area contributed by atoms with E-state index in [1.807, 2.05) is 6.08 Å². The second kappa shape index (κ2) is 4.75. The number of fused-ring (bicyclic) bond motifs is 5. The molecule has 132 valence electrons. The number of ether oxygens (including phenoxy) is 1. The van der Waals surface area contributed by atoms with E-state index in [1.54, 1.807) is 0 Å². The van der Waals surface area contributed by atoms with Crippen LogP contribution >= 0.6 is 0 Å². The number of ketones is 1. The van der Waals surface area contributed by atoms with Gasteiger partial charge in [-0.1, -0.05) is 19.4 Å². The zero-order chi connectivity index (χ0) is 16.7. The third kappa shape index (κ3) is 1.90. The maximum atomic E-state index is 11.9. The van der Waals surface area contributed by atoms with E-state index >= 15 is 0 Å². The van der Waals surface area contributed by atoms with Crippen LogP contribution in [0.2, 0.25) is 0 Å². The van der Waals surface area contributed by atoms with Gasteiger partial charge in [0.05, 0.1) is 12.2 Å². The molecule has 0 radical (unpaired) electrons. The van der Waals surface area contributed by atoms with Gasteiger partial charge in [0, 0.05) is 6.42 Å². The Bertz CT molecular complexity index is 615. The van der Waals surface area contributed by atoms with Crippen LogP contribution in [0.3, 0.4) is 0 Å². The van der Waals surface area contributed by atoms with Crippen molar-refractivity contribution >= 4 is 5.78 Å². The Morgan fingerprint density at radius 1 is 1.00 bits per heavy atom. The summed E-state index contributed by atoms with van der Waals surface area (Å²) in [5.41, 5.74) is 2.50. The molecule has 0 aromatic rings. The van der Waals surface area contributed by atoms with E-state index in [2.05, 4.69) is 20.8 Å². The molecule has 0 spiro atoms. The van der Waals surface area contributed by atoms with Crippen molar-refractivity contribution in [2.75, 3.05) is 6.61 Å². The molecule has 2 nitrogen and oxygen atoms in total. The molecule has 4 aliphatic carbocycles. The van der Waals surface area contributed by atoms with Crippen LogP contribution in [0.5, 0.6) is 0 Å². The van der Waals surface area contributed by atoms with Crippen molar-refractivity contribution in [3.05, 3.63) is 11.6 Å². The molecular formula is C22H32O2. The minimum Gasteiger partial charge on any atom is -0.370 e. The predicted molar refractivity (Wildman–Crippen MR) is 94.6 cm³/mol. The van der Waals surface area contributed by atoms with Crippen molar-refractivity contribution < 1.29 is 9.53 Å². The van der Waals surface area contributed by atoms with Crippen molar-refractivity contribution in [3.63, 3.8) is 0 Å². The molecule has 3 saturated carbocycles. The quantitative estimate of drug-likeness (QED) is 0.639. The maximum absolute atomic E-state index is 11.9. The van der Waals surface area contributed by atoms with E-state index in [4.69, 9.17) is 4.74 Å². The van der Waals surface area contributed by atoms with Crippen molar-refractivity contribution in [1.82, 2.24) is 0 Å². The Morgan fingerprint density at radius 2 is 1.79 bits per heavy atom. The summed E-state index contributed by atoms with van der Waals surface area (Å²) in [6, 6.07) is 0. The van der Waals surface area contributed by atoms with Gasteiger partial charge in [-0.15, -0.1) is 0 Å². The molecule has 2 heteroatoms. The highest BCUT2D eigenvalue weighted by molar-refractivity contribution is 5.91. The number of epoxide rings is 1. The molecule has 5 aliphatic rings. The molecule has 24 heavy (non-hydrogen) atoms. The van der Waals surface area contributed by atoms with Gasteiger partial charge in [0.25, 0.3) is 0 Å². The highest BCUT2D eigenvalue weighted by atomic mass is 16.6. The number of hydrogen-bond acceptors (Lipinski definition) is 2. The smallest absolute Gasteiger partial charge is 0.155 e. The molecule has 1 saturated heterocycles. The van der Waals surface area contributed by atoms with E-state index in [0.29, 0.717) is 16.6 Å². The first kappa shape index (κ1) is 15.6. The lowest BCUT2D eigenvalue weighted by Gasteiger charge is -2.58. The van der Waals surface area contributed by atoms with E-state index in [9.17, 15) is 4.79 Å². The minimum atomic E-state index is 0.192. The normalized spacial score (nSPS) is 56.1. The van der Waals surface area contributed by atoms with Crippen LogP contribution in [0.1, 0.15) is 72.1 Å². The first-order valence-electron chi connectivity index (χ1n) is 10.2. The lowest BCUT2D eigenvalue weighted by atomic mass is 9.46. The van der Waals surface area contributed by atoms with E-state index < -0.39 is 0 Å². The maximum Gasteiger partial charge on any atom is 0.155 e. The van der Waals surface area contributed by atoms with Crippen LogP contribution < -0.4 is 0 Å². The lowest BCUT2D eigenvalue weighted by molar-refractivity contribution is -0.117. The highest BCUT2D eigenvalue weighted by Crippen LogP contribution is 2.69. The van der Waals surface area contributed by atoms with Gasteiger partial charge < -0.3 is 4.74 Å². The molecule has 0 N–H and O–H groups in total. The third-order valence-electron chi connectivity index (χ3n) is 9.30. The van der Waals surface area contributed by atoms with Crippen molar-refractivity contribution in [2.45, 2.75) is 77.7 Å². The summed E-state index contributed by atoms with van der Waals surface area (Å²) in [7, 11) is 0. The van der Waals surface area contributed by atoms with Gasteiger partial charge in [-0.2, -0.15) is 0 Å². The molecule has 0 bridgehead atoms. The number of carbonyl (C=O) groups is 1. The van der Waals surface area contributed by atoms with Crippen molar-refractivity contribution in [1.29, 1.82) is 0 Å². The number of hydrogen-bond donors (Lipinski definition) is 0. The van der Waals surface area contributed by atoms with E-state index in [-0.39, 0.29) is 5.60 Å². The molecule has 1 aliphatic heterocycles. The summed E-state index contributed by atoms with van der Waals surface area (Å²) in [6.45, 7) is 8.42. The fraction of sp³-hybridized carbons (Fsp3) is 0.864. The Hall–Kier alpha value is -0.630. The zero-order valence-electron chi connectivity index (χ0n) is 15.6. The standard InChI is InChI=1S/C22H32O2/c1-20-10-8-15(23)12-14(20)4-5-16-17-6-7-19(22(3)13-24-22)21(17,2)11-9-18(16)20/h12,16-19H,4-11,13H2,1-3H3/t16?,17?,18?,19-,20-,21-,22?/m0/s1. The van der Waals surface area contributed by atoms with Gasteiger partial charge in [0.2, 0.25) is 0 Å². The van der Waals surface area contributed by atoms with Gasteiger partial charge in [-0.05, 0) is 92.4 Å². The van der Waals surface area contributed by atoms with Gasteiger partial charge in [-0.3, -0.25) is 4.79 Å². The molecule has 1 heterocycles. The Labute approximate surface area is 146 Å². The van der Waals surface area contributed by atoms with Crippen LogP contribution in [0.4, 0.5) is 0 Å². The van der Waals surface area contributed by atoms with Gasteiger partial charge in [-0.25, -0.2) is 0 Å². The average molecular weight is 328 g/mol. The van der Waals surface area contributed by atoms with Crippen molar-refractivity contribution in [2.24, 2.45) is 34.5 Å². The third-order valence-corrected chi connectivity index (χ3v) is 9.30. The molecular weight excluding hydrogens is 296 g/mol. The summed E-state index contributed by atoms with van der Waals surface area (Å²) in [5.74, 6) is 3.73. The van der Waals surface area contributed by atoms with Gasteiger partial charge in [0.1, 0.15) is 0 Å². The van der Waals surface area contributed by atoms with E-state index in [1.165, 1.54) is 44.1 Å². The zero-order valence-corrected chi connectivity index (χ0v) is 15.6. The monoisotopic (exact) mass is 328 g/mol. The largest absolute Gasteiger partial charge is 0.370 e. The Balaban J connectivity index is 1.47. The summed E-state index contributed by atoms with van der Waals surface area (Å²) in [5, 5.41) is 0. The van der Waals surface area contributed by atoms with Gasteiger partial charge in [0.15, 0.2) is 5.78 Å². The summed E-state index contributed by atoms with van der Waals surface area (Å²) in [6.07, 6.45) is 11.9. The molecule has 5 rings (SSSR count). The topological polar surface area (TPSA) is 29.6 Å². The van der Waals surface area contributed by atoms with Crippen LogP contribution in [0, 0.1) is 34.5 Å². The fourth-order valence-electron chi connectivity index (χ4n) is 7.88.